The molecule has 2 aromatic rings. The minimum absolute atomic E-state index is 0.0455. The molecule has 2 saturated heterocycles. The zero-order valence-corrected chi connectivity index (χ0v) is 23.9. The lowest BCUT2D eigenvalue weighted by molar-refractivity contribution is -0.120. The van der Waals surface area contributed by atoms with Crippen LogP contribution in [0.15, 0.2) is 42.5 Å². The summed E-state index contributed by atoms with van der Waals surface area (Å²) in [5.41, 5.74) is 0.791. The first kappa shape index (κ1) is 30.0. The van der Waals surface area contributed by atoms with Crippen molar-refractivity contribution in [2.45, 2.75) is 64.1 Å². The predicted molar refractivity (Wildman–Crippen MR) is 154 cm³/mol. The third-order valence-corrected chi connectivity index (χ3v) is 8.99. The van der Waals surface area contributed by atoms with Crippen LogP contribution in [-0.4, -0.2) is 70.3 Å². The maximum absolute atomic E-state index is 15.9. The van der Waals surface area contributed by atoms with Crippen molar-refractivity contribution in [3.05, 3.63) is 59.4 Å². The molecule has 0 aliphatic carbocycles. The van der Waals surface area contributed by atoms with Crippen molar-refractivity contribution < 1.29 is 27.1 Å². The summed E-state index contributed by atoms with van der Waals surface area (Å²) in [6.45, 7) is 5.23. The number of nitrogens with one attached hydrogen (secondary N) is 3. The number of ketones is 1. The molecule has 0 aromatic heterocycles. The first-order chi connectivity index (χ1) is 19.1. The van der Waals surface area contributed by atoms with Gasteiger partial charge in [0, 0.05) is 37.5 Å². The maximum atomic E-state index is 15.9. The van der Waals surface area contributed by atoms with Gasteiger partial charge >= 0.3 is 0 Å². The molecular weight excluding hydrogens is 535 g/mol. The van der Waals surface area contributed by atoms with Gasteiger partial charge in [-0.3, -0.25) is 13.9 Å². The van der Waals surface area contributed by atoms with Crippen LogP contribution in [0.4, 0.5) is 15.8 Å². The Morgan fingerprint density at radius 2 is 1.82 bits per heavy atom. The number of sulfonamides is 1. The van der Waals surface area contributed by atoms with Gasteiger partial charge in [-0.25, -0.2) is 12.8 Å². The van der Waals surface area contributed by atoms with Crippen LogP contribution in [0.2, 0.25) is 0 Å². The SMILES string of the molecule is CC(C)Nc1cc(C(=O)N[C@@H](Cc2ccccc2)C(=O)CNC2CCOCC2)c(F)c(N2CCCCS2(=O)=O)c1. The Hall–Kier alpha value is -3.02. The molecule has 0 radical (unpaired) electrons. The summed E-state index contributed by atoms with van der Waals surface area (Å²) in [4.78, 5) is 26.9. The largest absolute Gasteiger partial charge is 0.383 e. The van der Waals surface area contributed by atoms with Gasteiger partial charge in [0.2, 0.25) is 10.0 Å². The molecule has 218 valence electrons. The summed E-state index contributed by atoms with van der Waals surface area (Å²) in [6, 6.07) is 11.3. The van der Waals surface area contributed by atoms with Gasteiger partial charge in [-0.2, -0.15) is 0 Å². The lowest BCUT2D eigenvalue weighted by Crippen LogP contribution is -2.48. The summed E-state index contributed by atoms with van der Waals surface area (Å²) in [5.74, 6) is -2.01. The lowest BCUT2D eigenvalue weighted by atomic mass is 10.0. The predicted octanol–water partition coefficient (Wildman–Crippen LogP) is 3.25. The fourth-order valence-corrected chi connectivity index (χ4v) is 6.66. The van der Waals surface area contributed by atoms with Gasteiger partial charge < -0.3 is 20.7 Å². The molecule has 1 amide bonds. The summed E-state index contributed by atoms with van der Waals surface area (Å²) in [6.07, 6.45) is 2.93. The zero-order valence-electron chi connectivity index (χ0n) is 23.1. The van der Waals surface area contributed by atoms with E-state index in [1.54, 1.807) is 0 Å². The van der Waals surface area contributed by atoms with Crippen molar-refractivity contribution in [3.8, 4) is 0 Å². The fraction of sp³-hybridized carbons (Fsp3) is 0.517. The lowest BCUT2D eigenvalue weighted by Gasteiger charge is -2.30. The quantitative estimate of drug-likeness (QED) is 0.377. The molecule has 0 spiro atoms. The number of anilines is 2. The molecule has 3 N–H and O–H groups in total. The average molecular weight is 575 g/mol. The highest BCUT2D eigenvalue weighted by Gasteiger charge is 2.32. The molecule has 40 heavy (non-hydrogen) atoms. The summed E-state index contributed by atoms with van der Waals surface area (Å²) in [5, 5.41) is 9.17. The number of ether oxygens (including phenoxy) is 1. The fourth-order valence-electron chi connectivity index (χ4n) is 5.03. The minimum Gasteiger partial charge on any atom is -0.383 e. The third-order valence-electron chi connectivity index (χ3n) is 7.13. The van der Waals surface area contributed by atoms with Gasteiger partial charge in [0.15, 0.2) is 11.6 Å². The Labute approximate surface area is 235 Å². The van der Waals surface area contributed by atoms with E-state index in [9.17, 15) is 18.0 Å². The molecule has 4 rings (SSSR count). The monoisotopic (exact) mass is 574 g/mol. The van der Waals surface area contributed by atoms with E-state index in [1.165, 1.54) is 12.1 Å². The van der Waals surface area contributed by atoms with Crippen molar-refractivity contribution in [1.29, 1.82) is 0 Å². The number of rotatable bonds is 11. The standard InChI is InChI=1S/C29H39FN4O5S/c1-20(2)32-23-17-24(28(30)26(18-23)34-12-6-7-15-40(34,37)38)29(36)33-25(16-21-8-4-3-5-9-21)27(35)19-31-22-10-13-39-14-11-22/h3-5,8-9,17-18,20,22,25,31-32H,6-7,10-16,19H2,1-2H3,(H,33,36)/t25-/m0/s1. The van der Waals surface area contributed by atoms with Gasteiger partial charge in [0.25, 0.3) is 5.91 Å². The van der Waals surface area contributed by atoms with E-state index in [4.69, 9.17) is 4.74 Å². The molecule has 11 heteroatoms. The van der Waals surface area contributed by atoms with Crippen molar-refractivity contribution in [1.82, 2.24) is 10.6 Å². The molecule has 2 aromatic carbocycles. The van der Waals surface area contributed by atoms with Crippen LogP contribution in [-0.2, 0) is 26.0 Å². The van der Waals surface area contributed by atoms with Crippen molar-refractivity contribution in [2.75, 3.05) is 41.7 Å². The van der Waals surface area contributed by atoms with E-state index in [2.05, 4.69) is 16.0 Å². The molecule has 0 bridgehead atoms. The number of carbonyl (C=O) groups is 2. The number of carbonyl (C=O) groups excluding carboxylic acids is 2. The van der Waals surface area contributed by atoms with Gasteiger partial charge in [0.05, 0.1) is 29.6 Å². The third kappa shape index (κ3) is 7.80. The number of hydrogen-bond donors (Lipinski definition) is 3. The highest BCUT2D eigenvalue weighted by molar-refractivity contribution is 7.92. The van der Waals surface area contributed by atoms with E-state index >= 15 is 4.39 Å². The first-order valence-corrected chi connectivity index (χ1v) is 15.5. The Morgan fingerprint density at radius 3 is 2.50 bits per heavy atom. The van der Waals surface area contributed by atoms with Crippen molar-refractivity contribution >= 4 is 33.1 Å². The van der Waals surface area contributed by atoms with E-state index < -0.39 is 27.8 Å². The Bertz CT molecular complexity index is 1280. The van der Waals surface area contributed by atoms with Crippen LogP contribution in [0.5, 0.6) is 0 Å². The zero-order chi connectivity index (χ0) is 28.7. The summed E-state index contributed by atoms with van der Waals surface area (Å²) < 4.78 is 48.0. The van der Waals surface area contributed by atoms with E-state index in [0.717, 1.165) is 22.7 Å². The number of benzene rings is 2. The maximum Gasteiger partial charge on any atom is 0.255 e. The topological polar surface area (TPSA) is 117 Å². The molecule has 0 unspecified atom stereocenters. The second-order valence-electron chi connectivity index (χ2n) is 10.7. The smallest absolute Gasteiger partial charge is 0.255 e. The van der Waals surface area contributed by atoms with Gasteiger partial charge in [-0.1, -0.05) is 30.3 Å². The van der Waals surface area contributed by atoms with Crippen LogP contribution in [0.3, 0.4) is 0 Å². The summed E-state index contributed by atoms with van der Waals surface area (Å²) >= 11 is 0. The van der Waals surface area contributed by atoms with E-state index in [0.29, 0.717) is 31.7 Å². The molecule has 2 aliphatic rings. The molecule has 0 saturated carbocycles. The number of halogens is 1. The molecular formula is C29H39FN4O5S. The number of Topliss-reactive ketones (excluding diaryl/α,β-unsaturated/α-hetero) is 1. The second-order valence-corrected chi connectivity index (χ2v) is 12.7. The molecule has 2 heterocycles. The summed E-state index contributed by atoms with van der Waals surface area (Å²) in [7, 11) is -3.72. The van der Waals surface area contributed by atoms with Crippen LogP contribution >= 0.6 is 0 Å². The van der Waals surface area contributed by atoms with Crippen molar-refractivity contribution in [3.63, 3.8) is 0 Å². The Kier molecular flexibility index (Phi) is 10.2. The minimum atomic E-state index is -3.72. The van der Waals surface area contributed by atoms with Crippen LogP contribution in [0.25, 0.3) is 0 Å². The van der Waals surface area contributed by atoms with Crippen LogP contribution in [0, 0.1) is 5.82 Å². The van der Waals surface area contributed by atoms with Crippen molar-refractivity contribution in [2.24, 2.45) is 0 Å². The molecule has 2 aliphatic heterocycles. The highest BCUT2D eigenvalue weighted by atomic mass is 32.2. The average Bonchev–Trinajstić information content (AvgIpc) is 2.93. The Morgan fingerprint density at radius 1 is 1.10 bits per heavy atom. The number of nitrogens with zero attached hydrogens (tertiary/aromatic N) is 1. The second kappa shape index (κ2) is 13.6. The molecule has 1 atom stereocenters. The van der Waals surface area contributed by atoms with Crippen LogP contribution in [0.1, 0.15) is 55.5 Å². The normalized spacial score (nSPS) is 18.4. The molecule has 2 fully saturated rings. The van der Waals surface area contributed by atoms with Crippen LogP contribution < -0.4 is 20.3 Å². The van der Waals surface area contributed by atoms with E-state index in [-0.39, 0.29) is 54.4 Å². The first-order valence-electron chi connectivity index (χ1n) is 13.9. The Balaban J connectivity index is 1.61. The number of amides is 1. The number of hydrogen-bond acceptors (Lipinski definition) is 7. The van der Waals surface area contributed by atoms with E-state index in [1.807, 2.05) is 44.2 Å². The highest BCUT2D eigenvalue weighted by Crippen LogP contribution is 2.32. The van der Waals surface area contributed by atoms with Gasteiger partial charge in [0.1, 0.15) is 0 Å². The molecule has 9 nitrogen and oxygen atoms in total. The van der Waals surface area contributed by atoms with Gasteiger partial charge in [-0.15, -0.1) is 0 Å². The van der Waals surface area contributed by atoms with Gasteiger partial charge in [-0.05, 0) is 63.6 Å².